The summed E-state index contributed by atoms with van der Waals surface area (Å²) in [5, 5.41) is 23.8. The third kappa shape index (κ3) is 3.68. The Morgan fingerprint density at radius 3 is 2.74 bits per heavy atom. The fraction of sp³-hybridized carbons (Fsp3) is 0.471. The van der Waals surface area contributed by atoms with Gasteiger partial charge in [-0.2, -0.15) is 5.10 Å². The smallest absolute Gasteiger partial charge is 0.138 e. The van der Waals surface area contributed by atoms with Crippen molar-refractivity contribution in [3.63, 3.8) is 0 Å². The second-order valence-corrected chi connectivity index (χ2v) is 6.41. The summed E-state index contributed by atoms with van der Waals surface area (Å²) in [6.45, 7) is 3.33. The zero-order chi connectivity index (χ0) is 16.2. The maximum absolute atomic E-state index is 10.0. The average molecular weight is 336 g/mol. The van der Waals surface area contributed by atoms with Gasteiger partial charge in [-0.25, -0.2) is 0 Å². The number of hydrogen-bond donors (Lipinski definition) is 2. The number of phenolic OH excluding ortho intramolecular Hbond substituents is 1. The van der Waals surface area contributed by atoms with Crippen LogP contribution in [0.4, 0.5) is 0 Å². The third-order valence-electron chi connectivity index (χ3n) is 4.53. The van der Waals surface area contributed by atoms with Gasteiger partial charge in [0, 0.05) is 29.9 Å². The van der Waals surface area contributed by atoms with Gasteiger partial charge in [0.1, 0.15) is 5.75 Å². The van der Waals surface area contributed by atoms with Gasteiger partial charge in [-0.1, -0.05) is 23.7 Å². The van der Waals surface area contributed by atoms with Gasteiger partial charge in [-0.3, -0.25) is 9.58 Å². The van der Waals surface area contributed by atoms with Gasteiger partial charge in [0.25, 0.3) is 0 Å². The van der Waals surface area contributed by atoms with Crippen molar-refractivity contribution in [3.8, 4) is 5.75 Å². The lowest BCUT2D eigenvalue weighted by Crippen LogP contribution is -2.33. The minimum atomic E-state index is 0.113. The number of aliphatic hydroxyl groups is 1. The molecule has 1 aromatic carbocycles. The molecule has 2 heterocycles. The number of aliphatic hydroxyl groups excluding tert-OH is 1. The van der Waals surface area contributed by atoms with Crippen molar-refractivity contribution in [2.75, 3.05) is 19.7 Å². The maximum atomic E-state index is 10.0. The number of piperidine rings is 1. The summed E-state index contributed by atoms with van der Waals surface area (Å²) in [5.41, 5.74) is 2.09. The Labute approximate surface area is 141 Å². The van der Waals surface area contributed by atoms with Crippen molar-refractivity contribution in [2.45, 2.75) is 31.8 Å². The molecule has 124 valence electrons. The Balaban J connectivity index is 1.60. The number of aromatic nitrogens is 2. The minimum absolute atomic E-state index is 0.113. The molecule has 0 unspecified atom stereocenters. The zero-order valence-corrected chi connectivity index (χ0v) is 13.8. The topological polar surface area (TPSA) is 61.5 Å². The average Bonchev–Trinajstić information content (AvgIpc) is 3.01. The van der Waals surface area contributed by atoms with E-state index in [0.29, 0.717) is 17.5 Å². The normalized spacial score (nSPS) is 16.8. The van der Waals surface area contributed by atoms with Gasteiger partial charge in [-0.05, 0) is 38.1 Å². The summed E-state index contributed by atoms with van der Waals surface area (Å²) in [4.78, 5) is 2.34. The minimum Gasteiger partial charge on any atom is -0.506 e. The van der Waals surface area contributed by atoms with Crippen LogP contribution in [0.1, 0.15) is 30.0 Å². The SMILES string of the molecule is OCCn1nccc1C1CCN(Cc2cccc(Cl)c2O)CC1. The summed E-state index contributed by atoms with van der Waals surface area (Å²) in [6, 6.07) is 7.55. The number of likely N-dealkylation sites (tertiary alicyclic amines) is 1. The molecule has 0 atom stereocenters. The highest BCUT2D eigenvalue weighted by molar-refractivity contribution is 6.32. The summed E-state index contributed by atoms with van der Waals surface area (Å²) < 4.78 is 1.91. The van der Waals surface area contributed by atoms with E-state index in [9.17, 15) is 5.11 Å². The Morgan fingerprint density at radius 1 is 1.22 bits per heavy atom. The van der Waals surface area contributed by atoms with E-state index in [4.69, 9.17) is 16.7 Å². The summed E-state index contributed by atoms with van der Waals surface area (Å²) in [6.07, 6.45) is 3.91. The van der Waals surface area contributed by atoms with Gasteiger partial charge >= 0.3 is 0 Å². The molecule has 1 aliphatic rings. The molecule has 0 amide bonds. The fourth-order valence-corrected chi connectivity index (χ4v) is 3.48. The monoisotopic (exact) mass is 335 g/mol. The highest BCUT2D eigenvalue weighted by Gasteiger charge is 2.23. The molecular weight excluding hydrogens is 314 g/mol. The van der Waals surface area contributed by atoms with Crippen LogP contribution in [-0.2, 0) is 13.1 Å². The number of halogens is 1. The molecule has 5 nitrogen and oxygen atoms in total. The predicted molar refractivity (Wildman–Crippen MR) is 89.7 cm³/mol. The van der Waals surface area contributed by atoms with E-state index in [2.05, 4.69) is 16.1 Å². The van der Waals surface area contributed by atoms with E-state index in [-0.39, 0.29) is 12.4 Å². The number of benzene rings is 1. The first-order chi connectivity index (χ1) is 11.2. The van der Waals surface area contributed by atoms with Gasteiger partial charge < -0.3 is 10.2 Å². The number of aromatic hydroxyl groups is 1. The quantitative estimate of drug-likeness (QED) is 0.881. The lowest BCUT2D eigenvalue weighted by atomic mass is 9.93. The number of nitrogens with zero attached hydrogens (tertiary/aromatic N) is 3. The molecule has 0 spiro atoms. The van der Waals surface area contributed by atoms with Gasteiger partial charge in [-0.15, -0.1) is 0 Å². The van der Waals surface area contributed by atoms with Crippen molar-refractivity contribution >= 4 is 11.6 Å². The summed E-state index contributed by atoms with van der Waals surface area (Å²) in [5.74, 6) is 0.672. The van der Waals surface area contributed by atoms with Crippen LogP contribution >= 0.6 is 11.6 Å². The standard InChI is InChI=1S/C17H22ClN3O2/c18-15-3-1-2-14(17(15)23)12-20-8-5-13(6-9-20)16-4-7-19-21(16)10-11-22/h1-4,7,13,22-23H,5-6,8-12H2. The van der Waals surface area contributed by atoms with Gasteiger partial charge in [0.05, 0.1) is 18.2 Å². The Kier molecular flexibility index (Phi) is 5.20. The van der Waals surface area contributed by atoms with E-state index in [0.717, 1.165) is 38.0 Å². The van der Waals surface area contributed by atoms with Gasteiger partial charge in [0.15, 0.2) is 0 Å². The van der Waals surface area contributed by atoms with Crippen molar-refractivity contribution in [3.05, 3.63) is 46.7 Å². The highest BCUT2D eigenvalue weighted by atomic mass is 35.5. The molecule has 6 heteroatoms. The van der Waals surface area contributed by atoms with Crippen LogP contribution in [0.2, 0.25) is 5.02 Å². The molecule has 2 N–H and O–H groups in total. The highest BCUT2D eigenvalue weighted by Crippen LogP contribution is 2.31. The van der Waals surface area contributed by atoms with Crippen LogP contribution in [0.15, 0.2) is 30.5 Å². The number of rotatable bonds is 5. The van der Waals surface area contributed by atoms with Crippen LogP contribution in [0.5, 0.6) is 5.75 Å². The third-order valence-corrected chi connectivity index (χ3v) is 4.84. The molecular formula is C17H22ClN3O2. The van der Waals surface area contributed by atoms with Crippen LogP contribution in [0, 0.1) is 0 Å². The molecule has 1 fully saturated rings. The zero-order valence-electron chi connectivity index (χ0n) is 13.0. The molecule has 0 aliphatic carbocycles. The van der Waals surface area contributed by atoms with E-state index >= 15 is 0 Å². The molecule has 1 saturated heterocycles. The Bertz CT molecular complexity index is 651. The second kappa shape index (κ2) is 7.34. The molecule has 2 aromatic rings. The lowest BCUT2D eigenvalue weighted by molar-refractivity contribution is 0.197. The number of para-hydroxylation sites is 1. The first kappa shape index (κ1) is 16.3. The first-order valence-corrected chi connectivity index (χ1v) is 8.38. The maximum Gasteiger partial charge on any atom is 0.138 e. The van der Waals surface area contributed by atoms with Crippen LogP contribution in [0.3, 0.4) is 0 Å². The molecule has 0 bridgehead atoms. The van der Waals surface area contributed by atoms with E-state index < -0.39 is 0 Å². The van der Waals surface area contributed by atoms with Gasteiger partial charge in [0.2, 0.25) is 0 Å². The van der Waals surface area contributed by atoms with E-state index in [1.807, 2.05) is 16.8 Å². The van der Waals surface area contributed by atoms with Crippen molar-refractivity contribution in [1.29, 1.82) is 0 Å². The molecule has 1 aliphatic heterocycles. The molecule has 0 saturated carbocycles. The Hall–Kier alpha value is -1.56. The molecule has 3 rings (SSSR count). The Morgan fingerprint density at radius 2 is 2.00 bits per heavy atom. The summed E-state index contributed by atoms with van der Waals surface area (Å²) in [7, 11) is 0. The van der Waals surface area contributed by atoms with Crippen LogP contribution in [0.25, 0.3) is 0 Å². The molecule has 23 heavy (non-hydrogen) atoms. The van der Waals surface area contributed by atoms with Crippen molar-refractivity contribution in [2.24, 2.45) is 0 Å². The van der Waals surface area contributed by atoms with E-state index in [1.165, 1.54) is 5.69 Å². The molecule has 1 aromatic heterocycles. The van der Waals surface area contributed by atoms with Crippen LogP contribution in [-0.4, -0.2) is 44.6 Å². The predicted octanol–water partition coefficient (Wildman–Crippen LogP) is 2.61. The second-order valence-electron chi connectivity index (χ2n) is 6.00. The molecule has 0 radical (unpaired) electrons. The fourth-order valence-electron chi connectivity index (χ4n) is 3.29. The lowest BCUT2D eigenvalue weighted by Gasteiger charge is -2.32. The van der Waals surface area contributed by atoms with Crippen molar-refractivity contribution < 1.29 is 10.2 Å². The number of phenols is 1. The summed E-state index contributed by atoms with van der Waals surface area (Å²) >= 11 is 5.97. The first-order valence-electron chi connectivity index (χ1n) is 8.00. The van der Waals surface area contributed by atoms with E-state index in [1.54, 1.807) is 12.3 Å². The van der Waals surface area contributed by atoms with Crippen LogP contribution < -0.4 is 0 Å². The largest absolute Gasteiger partial charge is 0.506 e. The number of hydrogen-bond acceptors (Lipinski definition) is 4. The van der Waals surface area contributed by atoms with Crippen molar-refractivity contribution in [1.82, 2.24) is 14.7 Å².